The summed E-state index contributed by atoms with van der Waals surface area (Å²) in [6, 6.07) is 16.4. The summed E-state index contributed by atoms with van der Waals surface area (Å²) < 4.78 is 20.2. The molecule has 1 heterocycles. The number of nitrogens with zero attached hydrogens (tertiary/aromatic N) is 1. The number of imide groups is 2. The van der Waals surface area contributed by atoms with Gasteiger partial charge in [-0.2, -0.15) is 0 Å². The van der Waals surface area contributed by atoms with Gasteiger partial charge in [-0.15, -0.1) is 0 Å². The Labute approximate surface area is 262 Å². The largest absolute Gasteiger partial charge is 0.486 e. The van der Waals surface area contributed by atoms with Crippen molar-refractivity contribution in [2.24, 2.45) is 17.8 Å². The van der Waals surface area contributed by atoms with Crippen molar-refractivity contribution < 1.29 is 23.5 Å². The molecule has 4 aliphatic carbocycles. The molecule has 4 bridgehead atoms. The van der Waals surface area contributed by atoms with Gasteiger partial charge in [-0.25, -0.2) is 14.1 Å². The maximum atomic E-state index is 14.0. The maximum Gasteiger partial charge on any atom is 0.335 e. The number of rotatable bonds is 6. The molecule has 1 saturated heterocycles. The van der Waals surface area contributed by atoms with E-state index in [-0.39, 0.29) is 28.4 Å². The zero-order chi connectivity index (χ0) is 29.9. The highest BCUT2D eigenvalue weighted by molar-refractivity contribution is 9.10. The van der Waals surface area contributed by atoms with E-state index in [1.165, 1.54) is 62.3 Å². The molecule has 0 atom stereocenters. The molecular formula is C34H29BrClFN2O4. The molecule has 3 aromatic carbocycles. The molecular weight excluding hydrogens is 635 g/mol. The molecule has 0 aromatic heterocycles. The minimum atomic E-state index is -0.788. The molecule has 5 aliphatic rings. The summed E-state index contributed by atoms with van der Waals surface area (Å²) in [4.78, 5) is 40.2. The first-order valence-corrected chi connectivity index (χ1v) is 15.7. The van der Waals surface area contributed by atoms with Crippen molar-refractivity contribution in [3.05, 3.63) is 98.2 Å². The van der Waals surface area contributed by atoms with E-state index in [2.05, 4.69) is 33.4 Å². The zero-order valence-electron chi connectivity index (χ0n) is 23.2. The van der Waals surface area contributed by atoms with Crippen molar-refractivity contribution >= 4 is 57.1 Å². The number of amides is 4. The molecule has 1 N–H and O–H groups in total. The third-order valence-electron chi connectivity index (χ3n) is 9.54. The highest BCUT2D eigenvalue weighted by Crippen LogP contribution is 2.60. The van der Waals surface area contributed by atoms with Crippen LogP contribution in [-0.4, -0.2) is 17.8 Å². The van der Waals surface area contributed by atoms with Gasteiger partial charge < -0.3 is 4.74 Å². The number of barbiturate groups is 1. The van der Waals surface area contributed by atoms with Crippen LogP contribution in [0.15, 0.2) is 70.7 Å². The number of carbonyl (C=O) groups excluding carboxylic acids is 3. The standard InChI is InChI=1S/C34H29BrClFN2O4/c35-27-13-19(14-28(36)30(27)43-18-23-3-1-2-4-29(23)37)12-26-31(40)38-33(42)39(32(26)41)25-7-5-24(6-8-25)34-15-20-9-21(16-34)11-22(10-20)17-34/h1-8,12-14,20-22H,9-11,15-18H2,(H,38,40,42)/b26-12+. The lowest BCUT2D eigenvalue weighted by atomic mass is 9.48. The van der Waals surface area contributed by atoms with Gasteiger partial charge >= 0.3 is 6.03 Å². The fraction of sp³-hybridized carbons (Fsp3) is 0.324. The van der Waals surface area contributed by atoms with Crippen LogP contribution in [0.25, 0.3) is 6.08 Å². The molecule has 0 unspecified atom stereocenters. The zero-order valence-corrected chi connectivity index (χ0v) is 25.6. The van der Waals surface area contributed by atoms with Crippen LogP contribution in [0.4, 0.5) is 14.9 Å². The van der Waals surface area contributed by atoms with Crippen LogP contribution in [0.1, 0.15) is 55.2 Å². The van der Waals surface area contributed by atoms with Gasteiger partial charge in [-0.05, 0) is 125 Å². The first kappa shape index (κ1) is 28.3. The van der Waals surface area contributed by atoms with Crippen molar-refractivity contribution in [2.75, 3.05) is 4.90 Å². The highest BCUT2D eigenvalue weighted by Gasteiger charge is 2.51. The Hall–Kier alpha value is -3.49. The van der Waals surface area contributed by atoms with E-state index in [0.717, 1.165) is 22.7 Å². The number of ether oxygens (including phenoxy) is 1. The van der Waals surface area contributed by atoms with Gasteiger partial charge in [-0.3, -0.25) is 14.9 Å². The predicted octanol–water partition coefficient (Wildman–Crippen LogP) is 7.95. The number of carbonyl (C=O) groups is 3. The van der Waals surface area contributed by atoms with Crippen LogP contribution in [0.5, 0.6) is 5.75 Å². The molecule has 220 valence electrons. The number of hydrogen-bond acceptors (Lipinski definition) is 4. The molecule has 1 aliphatic heterocycles. The maximum absolute atomic E-state index is 14.0. The van der Waals surface area contributed by atoms with Gasteiger partial charge in [0.15, 0.2) is 5.75 Å². The number of nitrogens with one attached hydrogen (secondary N) is 1. The molecule has 3 aromatic rings. The molecule has 8 rings (SSSR count). The number of urea groups is 1. The smallest absolute Gasteiger partial charge is 0.335 e. The number of anilines is 1. The van der Waals surface area contributed by atoms with E-state index in [9.17, 15) is 18.8 Å². The fourth-order valence-electron chi connectivity index (χ4n) is 8.05. The van der Waals surface area contributed by atoms with E-state index in [1.54, 1.807) is 24.3 Å². The van der Waals surface area contributed by atoms with E-state index in [0.29, 0.717) is 27.0 Å². The second-order valence-corrected chi connectivity index (χ2v) is 13.7. The van der Waals surface area contributed by atoms with Crippen LogP contribution in [0, 0.1) is 23.6 Å². The predicted molar refractivity (Wildman–Crippen MR) is 165 cm³/mol. The molecule has 0 spiro atoms. The summed E-state index contributed by atoms with van der Waals surface area (Å²) in [5, 5.41) is 2.49. The van der Waals surface area contributed by atoms with Gasteiger partial charge in [-0.1, -0.05) is 41.9 Å². The molecule has 43 heavy (non-hydrogen) atoms. The summed E-state index contributed by atoms with van der Waals surface area (Å²) in [6.07, 6.45) is 9.10. The van der Waals surface area contributed by atoms with Crippen molar-refractivity contribution in [3.63, 3.8) is 0 Å². The van der Waals surface area contributed by atoms with Gasteiger partial charge in [0.25, 0.3) is 11.8 Å². The lowest BCUT2D eigenvalue weighted by Crippen LogP contribution is -2.54. The average molecular weight is 664 g/mol. The summed E-state index contributed by atoms with van der Waals surface area (Å²) in [5.41, 5.74) is 2.50. The van der Waals surface area contributed by atoms with Gasteiger partial charge in [0.1, 0.15) is 18.0 Å². The van der Waals surface area contributed by atoms with Crippen molar-refractivity contribution in [1.82, 2.24) is 5.32 Å². The van der Waals surface area contributed by atoms with Gasteiger partial charge in [0.05, 0.1) is 15.2 Å². The van der Waals surface area contributed by atoms with Gasteiger partial charge in [0, 0.05) is 5.56 Å². The third kappa shape index (κ3) is 5.18. The van der Waals surface area contributed by atoms with Crippen LogP contribution < -0.4 is 15.0 Å². The average Bonchev–Trinajstić information content (AvgIpc) is 2.95. The number of benzene rings is 3. The molecule has 5 fully saturated rings. The molecule has 4 saturated carbocycles. The first-order chi connectivity index (χ1) is 20.7. The molecule has 9 heteroatoms. The molecule has 6 nitrogen and oxygen atoms in total. The fourth-order valence-corrected chi connectivity index (χ4v) is 9.04. The van der Waals surface area contributed by atoms with Crippen LogP contribution in [0.2, 0.25) is 5.02 Å². The molecule has 0 radical (unpaired) electrons. The Morgan fingerprint density at radius 3 is 2.26 bits per heavy atom. The SMILES string of the molecule is O=C1NC(=O)N(c2ccc(C34CC5CC(CC(C5)C3)C4)cc2)C(=O)/C1=C/c1cc(Cl)c(OCc2ccccc2F)c(Br)c1. The van der Waals surface area contributed by atoms with E-state index in [1.807, 2.05) is 12.1 Å². The summed E-state index contributed by atoms with van der Waals surface area (Å²) in [7, 11) is 0. The van der Waals surface area contributed by atoms with Crippen LogP contribution in [0.3, 0.4) is 0 Å². The lowest BCUT2D eigenvalue weighted by molar-refractivity contribution is -0.122. The first-order valence-electron chi connectivity index (χ1n) is 14.6. The minimum Gasteiger partial charge on any atom is -0.486 e. The number of halogens is 3. The van der Waals surface area contributed by atoms with Crippen LogP contribution >= 0.6 is 27.5 Å². The Bertz CT molecular complexity index is 1630. The van der Waals surface area contributed by atoms with Crippen LogP contribution in [-0.2, 0) is 21.6 Å². The summed E-state index contributed by atoms with van der Waals surface area (Å²) in [5.74, 6) is 0.814. The normalized spacial score (nSPS) is 27.1. The Morgan fingerprint density at radius 2 is 1.63 bits per heavy atom. The summed E-state index contributed by atoms with van der Waals surface area (Å²) >= 11 is 9.90. The number of hydrogen-bond donors (Lipinski definition) is 1. The topological polar surface area (TPSA) is 75.7 Å². The quantitative estimate of drug-likeness (QED) is 0.215. The third-order valence-corrected chi connectivity index (χ3v) is 10.4. The summed E-state index contributed by atoms with van der Waals surface area (Å²) in [6.45, 7) is -0.0367. The Kier molecular flexibility index (Phi) is 7.17. The van der Waals surface area contributed by atoms with E-state index < -0.39 is 17.8 Å². The molecule has 4 amide bonds. The van der Waals surface area contributed by atoms with E-state index >= 15 is 0 Å². The highest BCUT2D eigenvalue weighted by atomic mass is 79.9. The second kappa shape index (κ2) is 10.9. The lowest BCUT2D eigenvalue weighted by Gasteiger charge is -2.57. The van der Waals surface area contributed by atoms with Gasteiger partial charge in [0.2, 0.25) is 0 Å². The van der Waals surface area contributed by atoms with Crippen molar-refractivity contribution in [2.45, 2.75) is 50.5 Å². The monoisotopic (exact) mass is 662 g/mol. The van der Waals surface area contributed by atoms with Crippen molar-refractivity contribution in [3.8, 4) is 5.75 Å². The minimum absolute atomic E-state index is 0.0367. The Morgan fingerprint density at radius 1 is 0.977 bits per heavy atom. The second-order valence-electron chi connectivity index (χ2n) is 12.4. The Balaban J connectivity index is 1.12. The van der Waals surface area contributed by atoms with E-state index in [4.69, 9.17) is 16.3 Å². The van der Waals surface area contributed by atoms with Crippen molar-refractivity contribution in [1.29, 1.82) is 0 Å².